The summed E-state index contributed by atoms with van der Waals surface area (Å²) >= 11 is 0. The van der Waals surface area contributed by atoms with Gasteiger partial charge in [-0.25, -0.2) is 9.18 Å². The number of pyridine rings is 1. The van der Waals surface area contributed by atoms with Crippen molar-refractivity contribution >= 4 is 22.5 Å². The van der Waals surface area contributed by atoms with Gasteiger partial charge in [0.15, 0.2) is 0 Å². The number of nitrogens with zero attached hydrogens (tertiary/aromatic N) is 5. The van der Waals surface area contributed by atoms with Crippen molar-refractivity contribution in [1.29, 1.82) is 0 Å². The van der Waals surface area contributed by atoms with Crippen LogP contribution in [-0.2, 0) is 17.3 Å². The van der Waals surface area contributed by atoms with E-state index < -0.39 is 35.0 Å². The first-order valence-electron chi connectivity index (χ1n) is 9.08. The molecule has 12 heteroatoms. The number of benzene rings is 1. The third kappa shape index (κ3) is 4.59. The average molecular weight is 461 g/mol. The van der Waals surface area contributed by atoms with Crippen molar-refractivity contribution in [2.24, 2.45) is 0 Å². The van der Waals surface area contributed by atoms with Gasteiger partial charge in [-0.05, 0) is 24.3 Å². The number of hydrogen-bond donors (Lipinski definition) is 0. The summed E-state index contributed by atoms with van der Waals surface area (Å²) in [6, 6.07) is 6.62. The molecule has 4 rings (SSSR count). The number of anilines is 1. The van der Waals surface area contributed by atoms with Crippen LogP contribution in [0.25, 0.3) is 11.5 Å². The molecule has 3 heterocycles. The van der Waals surface area contributed by atoms with Crippen molar-refractivity contribution < 1.29 is 26.6 Å². The number of amides is 2. The first-order chi connectivity index (χ1) is 15.4. The van der Waals surface area contributed by atoms with E-state index in [4.69, 9.17) is 4.42 Å². The summed E-state index contributed by atoms with van der Waals surface area (Å²) in [5.41, 5.74) is 0.676. The molecule has 0 saturated carbocycles. The molecule has 2 amide bonds. The van der Waals surface area contributed by atoms with Gasteiger partial charge in [0, 0.05) is 40.5 Å². The second kappa shape index (κ2) is 9.14. The van der Waals surface area contributed by atoms with E-state index in [0.29, 0.717) is 5.69 Å². The van der Waals surface area contributed by atoms with Crippen LogP contribution in [0.2, 0.25) is 0 Å². The maximum Gasteiger partial charge on any atom is 0.332 e. The Balaban J connectivity index is 1.62. The molecule has 32 heavy (non-hydrogen) atoms. The van der Waals surface area contributed by atoms with Crippen molar-refractivity contribution in [2.75, 3.05) is 4.90 Å². The van der Waals surface area contributed by atoms with Crippen LogP contribution in [0.4, 0.5) is 23.7 Å². The topological polar surface area (TPSA) is 92.4 Å². The van der Waals surface area contributed by atoms with Crippen LogP contribution in [0, 0.1) is 5.82 Å². The number of halogens is 3. The van der Waals surface area contributed by atoms with Crippen LogP contribution in [0.3, 0.4) is 0 Å². The molecule has 0 spiro atoms. The number of urea groups is 1. The Hall–Kier alpha value is -3.80. The maximum absolute atomic E-state index is 14.9. The molecule has 8 nitrogen and oxygen atoms in total. The Kier molecular flexibility index (Phi) is 6.12. The zero-order valence-electron chi connectivity index (χ0n) is 16.1. The summed E-state index contributed by atoms with van der Waals surface area (Å²) in [5.74, 6) is -1.81. The second-order valence-electron chi connectivity index (χ2n) is 6.44. The van der Waals surface area contributed by atoms with E-state index in [2.05, 4.69) is 15.2 Å². The third-order valence-corrected chi connectivity index (χ3v) is 5.16. The van der Waals surface area contributed by atoms with Gasteiger partial charge < -0.3 is 4.42 Å². The normalized spacial score (nSPS) is 13.7. The van der Waals surface area contributed by atoms with E-state index in [-0.39, 0.29) is 23.6 Å². The van der Waals surface area contributed by atoms with Crippen molar-refractivity contribution in [3.63, 3.8) is 0 Å². The number of carbonyl (C=O) groups is 1. The molecular weight excluding hydrogens is 447 g/mol. The first kappa shape index (κ1) is 21.4. The summed E-state index contributed by atoms with van der Waals surface area (Å²) in [6.45, 7) is -0.163. The molecule has 3 aromatic rings. The third-order valence-electron chi connectivity index (χ3n) is 4.38. The molecular formula is C20H14F3N5O3S. The molecule has 0 atom stereocenters. The summed E-state index contributed by atoms with van der Waals surface area (Å²) in [4.78, 5) is 19.6. The van der Waals surface area contributed by atoms with Crippen molar-refractivity contribution in [1.82, 2.24) is 20.1 Å². The maximum atomic E-state index is 14.9. The van der Waals surface area contributed by atoms with E-state index >= 15 is 0 Å². The summed E-state index contributed by atoms with van der Waals surface area (Å²) in [7, 11) is -1.31. The minimum absolute atomic E-state index is 0.120. The predicted molar refractivity (Wildman–Crippen MR) is 109 cm³/mol. The minimum Gasteiger partial charge on any atom is -0.415 e. The highest BCUT2D eigenvalue weighted by Crippen LogP contribution is 2.26. The first-order valence-corrected chi connectivity index (χ1v) is 10.4. The number of aromatic nitrogens is 3. The molecule has 2 aromatic heterocycles. The highest BCUT2D eigenvalue weighted by atomic mass is 32.2. The molecule has 0 aliphatic carbocycles. The van der Waals surface area contributed by atoms with Crippen molar-refractivity contribution in [2.45, 2.75) is 13.0 Å². The van der Waals surface area contributed by atoms with E-state index in [1.807, 2.05) is 0 Å². The van der Waals surface area contributed by atoms with E-state index in [0.717, 1.165) is 6.07 Å². The fourth-order valence-corrected chi connectivity index (χ4v) is 3.41. The fraction of sp³-hybridized carbons (Fsp3) is 0.100. The fourth-order valence-electron chi connectivity index (χ4n) is 2.81. The van der Waals surface area contributed by atoms with Gasteiger partial charge in [0.25, 0.3) is 5.89 Å². The summed E-state index contributed by atoms with van der Waals surface area (Å²) in [6.07, 6.45) is 2.76. The zero-order chi connectivity index (χ0) is 22.7. The number of rotatable bonds is 5. The lowest BCUT2D eigenvalue weighted by molar-refractivity contribution is 0.116. The Bertz CT molecular complexity index is 1200. The monoisotopic (exact) mass is 461 g/mol. The van der Waals surface area contributed by atoms with Gasteiger partial charge in [0.05, 0.1) is 29.2 Å². The summed E-state index contributed by atoms with van der Waals surface area (Å²) < 4.78 is 56.5. The Morgan fingerprint density at radius 1 is 1.19 bits per heavy atom. The molecule has 0 saturated heterocycles. The van der Waals surface area contributed by atoms with Crippen LogP contribution in [0.1, 0.15) is 17.9 Å². The molecule has 1 aliphatic heterocycles. The lowest BCUT2D eigenvalue weighted by Crippen LogP contribution is -2.38. The number of hydrogen-bond acceptors (Lipinski definition) is 6. The van der Waals surface area contributed by atoms with Crippen LogP contribution in [0.15, 0.2) is 70.4 Å². The molecule has 1 aromatic carbocycles. The van der Waals surface area contributed by atoms with Gasteiger partial charge in [-0.15, -0.1) is 10.2 Å². The smallest absolute Gasteiger partial charge is 0.332 e. The SMILES string of the molecule is O=C(N1C=CS(=O)C=C1)N(Cc1ccc(-c2nnc(C(F)F)o2)cc1F)c1cccnc1. The van der Waals surface area contributed by atoms with Gasteiger partial charge in [-0.3, -0.25) is 19.0 Å². The van der Waals surface area contributed by atoms with Crippen LogP contribution >= 0.6 is 0 Å². The molecule has 0 bridgehead atoms. The standard InChI is InChI=1S/C20H14F3N5O3S/c21-16-10-13(18-25-26-19(31-18)17(22)23)3-4-14(16)12-28(15-2-1-5-24-11-15)20(29)27-6-8-32(30)9-7-27/h1-11,17H,12H2. The van der Waals surface area contributed by atoms with Gasteiger partial charge in [-0.2, -0.15) is 8.78 Å². The predicted octanol–water partition coefficient (Wildman–Crippen LogP) is 4.34. The number of carbonyl (C=O) groups excluding carboxylic acids is 1. The Labute approximate surface area is 182 Å². The van der Waals surface area contributed by atoms with Crippen molar-refractivity contribution in [3.05, 3.63) is 83.2 Å². The van der Waals surface area contributed by atoms with Gasteiger partial charge >= 0.3 is 12.5 Å². The van der Waals surface area contributed by atoms with Crippen LogP contribution in [0.5, 0.6) is 0 Å². The molecule has 1 aliphatic rings. The van der Waals surface area contributed by atoms with E-state index in [9.17, 15) is 22.2 Å². The lowest BCUT2D eigenvalue weighted by atomic mass is 10.1. The summed E-state index contributed by atoms with van der Waals surface area (Å²) in [5, 5.41) is 9.40. The van der Waals surface area contributed by atoms with Gasteiger partial charge in [0.2, 0.25) is 5.89 Å². The molecule has 0 unspecified atom stereocenters. The highest BCUT2D eigenvalue weighted by Gasteiger charge is 2.24. The molecule has 164 valence electrons. The van der Waals surface area contributed by atoms with E-state index in [1.54, 1.807) is 12.1 Å². The molecule has 0 N–H and O–H groups in total. The van der Waals surface area contributed by atoms with Gasteiger partial charge in [-0.1, -0.05) is 6.07 Å². The molecule has 0 fully saturated rings. The minimum atomic E-state index is -2.94. The van der Waals surface area contributed by atoms with E-state index in [1.165, 1.54) is 57.5 Å². The second-order valence-corrected chi connectivity index (χ2v) is 7.64. The lowest BCUT2D eigenvalue weighted by Gasteiger charge is -2.27. The van der Waals surface area contributed by atoms with Crippen LogP contribution in [-0.4, -0.2) is 30.3 Å². The highest BCUT2D eigenvalue weighted by molar-refractivity contribution is 7.90. The molecule has 0 radical (unpaired) electrons. The quantitative estimate of drug-likeness (QED) is 0.561. The van der Waals surface area contributed by atoms with Crippen molar-refractivity contribution in [3.8, 4) is 11.5 Å². The van der Waals surface area contributed by atoms with Gasteiger partial charge in [0.1, 0.15) is 5.82 Å². The number of alkyl halides is 2. The van der Waals surface area contributed by atoms with Crippen LogP contribution < -0.4 is 4.90 Å². The Morgan fingerprint density at radius 3 is 2.59 bits per heavy atom. The largest absolute Gasteiger partial charge is 0.415 e. The average Bonchev–Trinajstić information content (AvgIpc) is 3.30. The zero-order valence-corrected chi connectivity index (χ0v) is 17.0. The Morgan fingerprint density at radius 2 is 1.97 bits per heavy atom.